The minimum absolute atomic E-state index is 0.00831. The molecule has 2 aromatic rings. The van der Waals surface area contributed by atoms with E-state index in [1.54, 1.807) is 23.5 Å². The number of carbonyl (C=O) groups excluding carboxylic acids is 1. The maximum absolute atomic E-state index is 13.3. The Hall–Kier alpha value is -1.70. The smallest absolute Gasteiger partial charge is 0.339 e. The van der Waals surface area contributed by atoms with Gasteiger partial charge in [-0.25, -0.2) is 13.2 Å². The molecule has 0 amide bonds. The van der Waals surface area contributed by atoms with Gasteiger partial charge < -0.3 is 4.74 Å². The summed E-state index contributed by atoms with van der Waals surface area (Å²) in [6.45, 7) is 2.40. The lowest BCUT2D eigenvalue weighted by molar-refractivity contribution is 0.0596. The van der Waals surface area contributed by atoms with Crippen molar-refractivity contribution in [3.8, 4) is 0 Å². The fourth-order valence-corrected chi connectivity index (χ4v) is 5.97. The van der Waals surface area contributed by atoms with E-state index in [0.29, 0.717) is 19.4 Å². The summed E-state index contributed by atoms with van der Waals surface area (Å²) in [7, 11) is -2.54. The van der Waals surface area contributed by atoms with E-state index >= 15 is 0 Å². The number of rotatable bonds is 4. The summed E-state index contributed by atoms with van der Waals surface area (Å²) in [6, 6.07) is 8.02. The van der Waals surface area contributed by atoms with Crippen LogP contribution in [0.15, 0.2) is 40.6 Å². The number of esters is 1. The van der Waals surface area contributed by atoms with Crippen molar-refractivity contribution in [2.75, 3.05) is 13.7 Å². The van der Waals surface area contributed by atoms with Crippen LogP contribution < -0.4 is 0 Å². The second-order valence-corrected chi connectivity index (χ2v) is 8.44. The first-order chi connectivity index (χ1) is 11.5. The minimum atomic E-state index is -3.79. The topological polar surface area (TPSA) is 63.7 Å². The molecule has 24 heavy (non-hydrogen) atoms. The van der Waals surface area contributed by atoms with Crippen LogP contribution in [-0.2, 0) is 21.2 Å². The van der Waals surface area contributed by atoms with Gasteiger partial charge >= 0.3 is 5.97 Å². The number of methoxy groups -OCH3 is 1. The van der Waals surface area contributed by atoms with Gasteiger partial charge in [0.15, 0.2) is 0 Å². The highest BCUT2D eigenvalue weighted by Gasteiger charge is 2.37. The molecule has 0 bridgehead atoms. The van der Waals surface area contributed by atoms with Gasteiger partial charge in [0.2, 0.25) is 10.0 Å². The number of sulfonamides is 1. The highest BCUT2D eigenvalue weighted by molar-refractivity contribution is 7.89. The number of hydrogen-bond acceptors (Lipinski definition) is 5. The van der Waals surface area contributed by atoms with Gasteiger partial charge in [0.1, 0.15) is 0 Å². The second kappa shape index (κ2) is 6.66. The molecular weight excluding hydrogens is 346 g/mol. The molecule has 1 atom stereocenters. The lowest BCUT2D eigenvalue weighted by Crippen LogP contribution is -2.39. The molecule has 0 spiro atoms. The number of thiophene rings is 1. The average molecular weight is 365 g/mol. The zero-order valence-corrected chi connectivity index (χ0v) is 15.2. The van der Waals surface area contributed by atoms with Crippen LogP contribution in [0.5, 0.6) is 0 Å². The molecule has 1 aromatic heterocycles. The summed E-state index contributed by atoms with van der Waals surface area (Å²) in [6.07, 6.45) is 1.38. The van der Waals surface area contributed by atoms with Crippen LogP contribution in [0, 0.1) is 0 Å². The van der Waals surface area contributed by atoms with Crippen molar-refractivity contribution in [2.45, 2.75) is 30.7 Å². The van der Waals surface area contributed by atoms with Gasteiger partial charge in [-0.2, -0.15) is 4.31 Å². The highest BCUT2D eigenvalue weighted by Crippen LogP contribution is 2.38. The predicted molar refractivity (Wildman–Crippen MR) is 92.7 cm³/mol. The molecule has 0 fully saturated rings. The van der Waals surface area contributed by atoms with Crippen molar-refractivity contribution in [1.29, 1.82) is 0 Å². The third-order valence-corrected chi connectivity index (χ3v) is 7.27. The van der Waals surface area contributed by atoms with Crippen molar-refractivity contribution in [3.05, 3.63) is 51.7 Å². The molecule has 0 radical (unpaired) electrons. The molecule has 3 rings (SSSR count). The number of benzene rings is 1. The van der Waals surface area contributed by atoms with Crippen LogP contribution in [0.25, 0.3) is 0 Å². The molecule has 0 saturated carbocycles. The van der Waals surface area contributed by atoms with Crippen molar-refractivity contribution in [3.63, 3.8) is 0 Å². The zero-order chi connectivity index (χ0) is 17.3. The van der Waals surface area contributed by atoms with Gasteiger partial charge in [0, 0.05) is 11.4 Å². The van der Waals surface area contributed by atoms with Gasteiger partial charge in [-0.15, -0.1) is 11.3 Å². The van der Waals surface area contributed by atoms with Crippen LogP contribution in [0.4, 0.5) is 0 Å². The molecule has 1 aliphatic rings. The molecule has 1 unspecified atom stereocenters. The first-order valence-corrected chi connectivity index (χ1v) is 10.1. The quantitative estimate of drug-likeness (QED) is 0.781. The Balaban J connectivity index is 2.08. The van der Waals surface area contributed by atoms with E-state index in [2.05, 4.69) is 0 Å². The summed E-state index contributed by atoms with van der Waals surface area (Å²) in [4.78, 5) is 13.2. The summed E-state index contributed by atoms with van der Waals surface area (Å²) >= 11 is 1.67. The predicted octanol–water partition coefficient (Wildman–Crippen LogP) is 3.23. The Morgan fingerprint density at radius 1 is 1.33 bits per heavy atom. The van der Waals surface area contributed by atoms with E-state index in [9.17, 15) is 13.2 Å². The number of fused-ring (bicyclic) bond motifs is 1. The maximum Gasteiger partial charge on any atom is 0.339 e. The van der Waals surface area contributed by atoms with Crippen molar-refractivity contribution >= 4 is 27.3 Å². The summed E-state index contributed by atoms with van der Waals surface area (Å²) in [5.74, 6) is -0.643. The fraction of sp³-hybridized carbons (Fsp3) is 0.353. The van der Waals surface area contributed by atoms with Gasteiger partial charge in [-0.05, 0) is 42.0 Å². The van der Waals surface area contributed by atoms with E-state index < -0.39 is 16.0 Å². The largest absolute Gasteiger partial charge is 0.465 e. The Morgan fingerprint density at radius 2 is 2.08 bits per heavy atom. The second-order valence-electron chi connectivity index (χ2n) is 5.58. The molecule has 128 valence electrons. The molecule has 1 aromatic carbocycles. The summed E-state index contributed by atoms with van der Waals surface area (Å²) in [5.41, 5.74) is 1.15. The molecule has 2 heterocycles. The van der Waals surface area contributed by atoms with E-state index in [1.165, 1.54) is 28.4 Å². The van der Waals surface area contributed by atoms with E-state index in [-0.39, 0.29) is 16.5 Å². The first kappa shape index (κ1) is 17.1. The lowest BCUT2D eigenvalue weighted by Gasteiger charge is -2.34. The van der Waals surface area contributed by atoms with Gasteiger partial charge in [-0.1, -0.05) is 19.1 Å². The van der Waals surface area contributed by atoms with E-state index in [1.807, 2.05) is 18.4 Å². The number of ether oxygens (including phenoxy) is 1. The van der Waals surface area contributed by atoms with Crippen LogP contribution >= 0.6 is 11.3 Å². The van der Waals surface area contributed by atoms with E-state index in [4.69, 9.17) is 4.74 Å². The molecule has 0 aliphatic carbocycles. The molecule has 0 N–H and O–H groups in total. The first-order valence-electron chi connectivity index (χ1n) is 7.76. The van der Waals surface area contributed by atoms with Gasteiger partial charge in [-0.3, -0.25) is 0 Å². The highest BCUT2D eigenvalue weighted by atomic mass is 32.2. The van der Waals surface area contributed by atoms with Crippen LogP contribution in [0.3, 0.4) is 0 Å². The van der Waals surface area contributed by atoms with Gasteiger partial charge in [0.05, 0.1) is 23.6 Å². The maximum atomic E-state index is 13.3. The molecule has 1 aliphatic heterocycles. The summed E-state index contributed by atoms with van der Waals surface area (Å²) < 4.78 is 32.8. The lowest BCUT2D eigenvalue weighted by atomic mass is 10.0. The Morgan fingerprint density at radius 3 is 2.79 bits per heavy atom. The minimum Gasteiger partial charge on any atom is -0.465 e. The molecular formula is C17H19NO4S2. The normalized spacial score (nSPS) is 18.2. The van der Waals surface area contributed by atoms with E-state index in [0.717, 1.165) is 5.56 Å². The van der Waals surface area contributed by atoms with Crippen molar-refractivity contribution in [1.82, 2.24) is 4.31 Å². The van der Waals surface area contributed by atoms with Gasteiger partial charge in [0.25, 0.3) is 0 Å². The van der Waals surface area contributed by atoms with Crippen LogP contribution in [-0.4, -0.2) is 32.3 Å². The Labute approximate surface area is 145 Å². The number of carbonyl (C=O) groups is 1. The van der Waals surface area contributed by atoms with Crippen molar-refractivity contribution < 1.29 is 17.9 Å². The monoisotopic (exact) mass is 365 g/mol. The zero-order valence-electron chi connectivity index (χ0n) is 13.6. The standard InChI is InChI=1S/C17H19NO4S2/c1-3-14-12-9-11-23-15(12)8-10-18(14)24(20,21)16-7-5-4-6-13(16)17(19)22-2/h4-7,9,11,14H,3,8,10H2,1-2H3. The fourth-order valence-electron chi connectivity index (χ4n) is 3.18. The number of hydrogen-bond donors (Lipinski definition) is 0. The average Bonchev–Trinajstić information content (AvgIpc) is 3.08. The Bertz CT molecular complexity index is 857. The molecule has 0 saturated heterocycles. The van der Waals surface area contributed by atoms with Crippen LogP contribution in [0.2, 0.25) is 0 Å². The summed E-state index contributed by atoms with van der Waals surface area (Å²) in [5, 5.41) is 2.01. The SMILES string of the molecule is CCC1c2ccsc2CCN1S(=O)(=O)c1ccccc1C(=O)OC. The Kier molecular flexibility index (Phi) is 4.76. The third kappa shape index (κ3) is 2.76. The molecule has 7 heteroatoms. The third-order valence-electron chi connectivity index (χ3n) is 4.31. The molecule has 5 nitrogen and oxygen atoms in total. The van der Waals surface area contributed by atoms with Crippen molar-refractivity contribution in [2.24, 2.45) is 0 Å². The van der Waals surface area contributed by atoms with Crippen LogP contribution in [0.1, 0.15) is 40.2 Å². The number of nitrogens with zero attached hydrogens (tertiary/aromatic N) is 1.